The summed E-state index contributed by atoms with van der Waals surface area (Å²) in [7, 11) is 0. The SMILES string of the molecule is Fc1ccc2cnccc2c1CN[C@H]1C[C@H](Oc2nc3ccccc3s2)C1. The standard InChI is InChI=1S/C21H18FN3OS/c22-18-6-5-13-11-23-8-7-16(13)17(18)12-24-14-9-15(10-14)26-21-25-19-3-1-2-4-20(19)27-21/h1-8,11,14-15,24H,9-10,12H2/t14-,15-. The molecule has 0 bridgehead atoms. The summed E-state index contributed by atoms with van der Waals surface area (Å²) >= 11 is 1.58. The van der Waals surface area contributed by atoms with Crippen molar-refractivity contribution in [3.8, 4) is 5.19 Å². The quantitative estimate of drug-likeness (QED) is 0.547. The highest BCUT2D eigenvalue weighted by Crippen LogP contribution is 2.32. The van der Waals surface area contributed by atoms with Crippen LogP contribution in [-0.2, 0) is 6.54 Å². The van der Waals surface area contributed by atoms with Crippen LogP contribution in [0.15, 0.2) is 54.9 Å². The second-order valence-corrected chi connectivity index (χ2v) is 7.85. The summed E-state index contributed by atoms with van der Waals surface area (Å²) in [5.41, 5.74) is 1.68. The fourth-order valence-electron chi connectivity index (χ4n) is 3.51. The number of benzene rings is 2. The van der Waals surface area contributed by atoms with Crippen molar-refractivity contribution in [1.29, 1.82) is 0 Å². The Morgan fingerprint density at radius 2 is 2.04 bits per heavy atom. The van der Waals surface area contributed by atoms with Crippen LogP contribution in [0.1, 0.15) is 18.4 Å². The van der Waals surface area contributed by atoms with Gasteiger partial charge in [0, 0.05) is 35.9 Å². The maximum atomic E-state index is 14.3. The Balaban J connectivity index is 1.19. The number of nitrogens with one attached hydrogen (secondary N) is 1. The Kier molecular flexibility index (Phi) is 4.22. The molecule has 2 heterocycles. The minimum Gasteiger partial charge on any atom is -0.467 e. The molecule has 0 saturated heterocycles. The second kappa shape index (κ2) is 6.87. The lowest BCUT2D eigenvalue weighted by molar-refractivity contribution is 0.0842. The van der Waals surface area contributed by atoms with Gasteiger partial charge in [-0.15, -0.1) is 0 Å². The van der Waals surface area contributed by atoms with Gasteiger partial charge in [-0.1, -0.05) is 23.5 Å². The van der Waals surface area contributed by atoms with Crippen LogP contribution in [0, 0.1) is 5.82 Å². The van der Waals surface area contributed by atoms with Crippen molar-refractivity contribution in [2.45, 2.75) is 31.5 Å². The predicted octanol–water partition coefficient (Wildman–Crippen LogP) is 4.68. The summed E-state index contributed by atoms with van der Waals surface area (Å²) in [6.07, 6.45) is 5.46. The molecule has 1 aliphatic rings. The molecule has 27 heavy (non-hydrogen) atoms. The van der Waals surface area contributed by atoms with E-state index in [1.54, 1.807) is 29.8 Å². The minimum absolute atomic E-state index is 0.171. The highest BCUT2D eigenvalue weighted by molar-refractivity contribution is 7.20. The molecule has 0 aliphatic heterocycles. The fraction of sp³-hybridized carbons (Fsp3) is 0.238. The lowest BCUT2D eigenvalue weighted by atomic mass is 9.89. The molecule has 1 N–H and O–H groups in total. The van der Waals surface area contributed by atoms with Crippen molar-refractivity contribution < 1.29 is 9.13 Å². The topological polar surface area (TPSA) is 47.0 Å². The van der Waals surface area contributed by atoms with Gasteiger partial charge in [0.25, 0.3) is 5.19 Å². The molecule has 1 aliphatic carbocycles. The molecule has 4 aromatic rings. The third kappa shape index (κ3) is 3.26. The Hall–Kier alpha value is -2.57. The van der Waals surface area contributed by atoms with Crippen molar-refractivity contribution in [1.82, 2.24) is 15.3 Å². The van der Waals surface area contributed by atoms with E-state index in [0.717, 1.165) is 39.0 Å². The summed E-state index contributed by atoms with van der Waals surface area (Å²) < 4.78 is 21.4. The van der Waals surface area contributed by atoms with Crippen LogP contribution in [0.5, 0.6) is 5.19 Å². The number of nitrogens with zero attached hydrogens (tertiary/aromatic N) is 2. The number of ether oxygens (including phenoxy) is 1. The Bertz CT molecular complexity index is 1070. The molecule has 1 fully saturated rings. The molecule has 5 rings (SSSR count). The number of halogens is 1. The van der Waals surface area contributed by atoms with E-state index in [0.29, 0.717) is 18.2 Å². The van der Waals surface area contributed by atoms with Gasteiger partial charge < -0.3 is 10.1 Å². The van der Waals surface area contributed by atoms with Crippen molar-refractivity contribution in [2.75, 3.05) is 0 Å². The van der Waals surface area contributed by atoms with Crippen LogP contribution < -0.4 is 10.1 Å². The number of pyridine rings is 1. The molecule has 0 unspecified atom stereocenters. The largest absolute Gasteiger partial charge is 0.467 e. The van der Waals surface area contributed by atoms with Crippen LogP contribution in [0.25, 0.3) is 21.0 Å². The zero-order valence-electron chi connectivity index (χ0n) is 14.6. The molecular weight excluding hydrogens is 361 g/mol. The second-order valence-electron chi connectivity index (χ2n) is 6.86. The number of hydrogen-bond acceptors (Lipinski definition) is 5. The molecular formula is C21H18FN3OS. The van der Waals surface area contributed by atoms with Gasteiger partial charge in [0.2, 0.25) is 0 Å². The molecule has 2 aromatic carbocycles. The van der Waals surface area contributed by atoms with Gasteiger partial charge in [0.05, 0.1) is 10.2 Å². The van der Waals surface area contributed by atoms with E-state index in [1.165, 1.54) is 6.07 Å². The normalized spacial score (nSPS) is 19.3. The molecule has 0 atom stereocenters. The molecule has 6 heteroatoms. The van der Waals surface area contributed by atoms with Gasteiger partial charge in [0.1, 0.15) is 11.9 Å². The summed E-state index contributed by atoms with van der Waals surface area (Å²) in [4.78, 5) is 8.63. The zero-order valence-corrected chi connectivity index (χ0v) is 15.4. The summed E-state index contributed by atoms with van der Waals surface area (Å²) in [6, 6.07) is 13.5. The van der Waals surface area contributed by atoms with Gasteiger partial charge in [-0.25, -0.2) is 9.37 Å². The van der Waals surface area contributed by atoms with Gasteiger partial charge in [0.15, 0.2) is 0 Å². The number of fused-ring (bicyclic) bond motifs is 2. The van der Waals surface area contributed by atoms with Gasteiger partial charge in [-0.2, -0.15) is 0 Å². The van der Waals surface area contributed by atoms with E-state index >= 15 is 0 Å². The third-order valence-corrected chi connectivity index (χ3v) is 6.01. The van der Waals surface area contributed by atoms with Gasteiger partial charge in [-0.3, -0.25) is 4.98 Å². The number of thiazole rings is 1. The van der Waals surface area contributed by atoms with Gasteiger partial charge >= 0.3 is 0 Å². The van der Waals surface area contributed by atoms with E-state index in [-0.39, 0.29) is 11.9 Å². The molecule has 2 aromatic heterocycles. The van der Waals surface area contributed by atoms with Crippen molar-refractivity contribution in [2.24, 2.45) is 0 Å². The first kappa shape index (κ1) is 16.6. The molecule has 0 radical (unpaired) electrons. The fourth-order valence-corrected chi connectivity index (χ4v) is 4.39. The van der Waals surface area contributed by atoms with E-state index in [1.807, 2.05) is 24.3 Å². The minimum atomic E-state index is -0.178. The summed E-state index contributed by atoms with van der Waals surface area (Å²) in [5.74, 6) is -0.178. The van der Waals surface area contributed by atoms with Crippen molar-refractivity contribution in [3.63, 3.8) is 0 Å². The van der Waals surface area contributed by atoms with Crippen LogP contribution >= 0.6 is 11.3 Å². The molecule has 0 spiro atoms. The smallest absolute Gasteiger partial charge is 0.274 e. The average Bonchev–Trinajstić information content (AvgIpc) is 3.07. The molecule has 0 amide bonds. The third-order valence-electron chi connectivity index (χ3n) is 5.08. The average molecular weight is 379 g/mol. The van der Waals surface area contributed by atoms with Crippen LogP contribution in [-0.4, -0.2) is 22.1 Å². The lowest BCUT2D eigenvalue weighted by Gasteiger charge is -2.35. The first-order valence-electron chi connectivity index (χ1n) is 9.03. The first-order chi connectivity index (χ1) is 13.3. The summed E-state index contributed by atoms with van der Waals surface area (Å²) in [6.45, 7) is 0.506. The Morgan fingerprint density at radius 3 is 2.93 bits per heavy atom. The highest BCUT2D eigenvalue weighted by atomic mass is 32.1. The number of hydrogen-bond donors (Lipinski definition) is 1. The molecule has 4 nitrogen and oxygen atoms in total. The molecule has 1 saturated carbocycles. The van der Waals surface area contributed by atoms with E-state index < -0.39 is 0 Å². The monoisotopic (exact) mass is 379 g/mol. The van der Waals surface area contributed by atoms with E-state index in [9.17, 15) is 4.39 Å². The predicted molar refractivity (Wildman–Crippen MR) is 106 cm³/mol. The van der Waals surface area contributed by atoms with Crippen LogP contribution in [0.4, 0.5) is 4.39 Å². The first-order valence-corrected chi connectivity index (χ1v) is 9.84. The highest BCUT2D eigenvalue weighted by Gasteiger charge is 2.31. The summed E-state index contributed by atoms with van der Waals surface area (Å²) in [5, 5.41) is 6.06. The van der Waals surface area contributed by atoms with E-state index in [2.05, 4.69) is 21.4 Å². The molecule has 136 valence electrons. The van der Waals surface area contributed by atoms with Crippen LogP contribution in [0.2, 0.25) is 0 Å². The zero-order chi connectivity index (χ0) is 18.2. The van der Waals surface area contributed by atoms with Gasteiger partial charge in [-0.05, 0) is 48.6 Å². The number of para-hydroxylation sites is 1. The van der Waals surface area contributed by atoms with Crippen LogP contribution in [0.3, 0.4) is 0 Å². The van der Waals surface area contributed by atoms with E-state index in [4.69, 9.17) is 4.74 Å². The number of rotatable bonds is 5. The van der Waals surface area contributed by atoms with Crippen molar-refractivity contribution in [3.05, 3.63) is 66.2 Å². The Morgan fingerprint density at radius 1 is 1.15 bits per heavy atom. The lowest BCUT2D eigenvalue weighted by Crippen LogP contribution is -2.46. The Labute approximate surface area is 160 Å². The maximum Gasteiger partial charge on any atom is 0.274 e. The maximum absolute atomic E-state index is 14.3. The number of aromatic nitrogens is 2. The van der Waals surface area contributed by atoms with Crippen molar-refractivity contribution >= 4 is 32.3 Å².